The van der Waals surface area contributed by atoms with Crippen molar-refractivity contribution in [2.24, 2.45) is 0 Å². The Labute approximate surface area is 151 Å². The van der Waals surface area contributed by atoms with Crippen molar-refractivity contribution in [1.82, 2.24) is 0 Å². The van der Waals surface area contributed by atoms with Crippen LogP contribution in [-0.4, -0.2) is 57.9 Å². The Morgan fingerprint density at radius 1 is 1.15 bits per heavy atom. The fraction of sp³-hybridized carbons (Fsp3) is 0.421. The van der Waals surface area contributed by atoms with E-state index in [1.54, 1.807) is 19.1 Å². The lowest BCUT2D eigenvalue weighted by Gasteiger charge is -2.20. The SMILES string of the molecule is COc1cc(O)c2c(c1)/C=C/CC(O)C(O)C(O)/C=C/CC(C)OC2=O. The van der Waals surface area contributed by atoms with Crippen molar-refractivity contribution < 1.29 is 34.7 Å². The summed E-state index contributed by atoms with van der Waals surface area (Å²) in [5.41, 5.74) is 0.346. The Kier molecular flexibility index (Phi) is 6.79. The molecule has 1 aromatic carbocycles. The second kappa shape index (κ2) is 8.84. The van der Waals surface area contributed by atoms with Crippen molar-refractivity contribution in [2.75, 3.05) is 7.11 Å². The monoisotopic (exact) mass is 364 g/mol. The molecular formula is C19H24O7. The van der Waals surface area contributed by atoms with Crippen LogP contribution in [0.5, 0.6) is 11.5 Å². The van der Waals surface area contributed by atoms with E-state index >= 15 is 0 Å². The molecule has 0 aliphatic carbocycles. The van der Waals surface area contributed by atoms with Gasteiger partial charge in [0.2, 0.25) is 0 Å². The van der Waals surface area contributed by atoms with Gasteiger partial charge in [-0.3, -0.25) is 0 Å². The maximum atomic E-state index is 12.5. The summed E-state index contributed by atoms with van der Waals surface area (Å²) in [5.74, 6) is -0.615. The lowest BCUT2D eigenvalue weighted by atomic mass is 10.0. The van der Waals surface area contributed by atoms with Crippen LogP contribution in [0.3, 0.4) is 0 Å². The molecule has 2 rings (SSSR count). The van der Waals surface area contributed by atoms with Gasteiger partial charge in [0.15, 0.2) is 0 Å². The Bertz CT molecular complexity index is 695. The number of methoxy groups -OCH3 is 1. The second-order valence-corrected chi connectivity index (χ2v) is 6.18. The average Bonchev–Trinajstić information content (AvgIpc) is 2.59. The van der Waals surface area contributed by atoms with Crippen LogP contribution in [0.4, 0.5) is 0 Å². The van der Waals surface area contributed by atoms with Gasteiger partial charge in [-0.05, 0) is 25.0 Å². The number of phenols is 1. The first-order chi connectivity index (χ1) is 12.3. The van der Waals surface area contributed by atoms with E-state index in [0.29, 0.717) is 17.7 Å². The molecule has 1 aliphatic heterocycles. The highest BCUT2D eigenvalue weighted by Gasteiger charge is 2.23. The van der Waals surface area contributed by atoms with Gasteiger partial charge >= 0.3 is 5.97 Å². The highest BCUT2D eigenvalue weighted by molar-refractivity contribution is 5.97. The second-order valence-electron chi connectivity index (χ2n) is 6.18. The Morgan fingerprint density at radius 2 is 1.88 bits per heavy atom. The molecule has 0 spiro atoms. The first-order valence-corrected chi connectivity index (χ1v) is 8.32. The van der Waals surface area contributed by atoms with Crippen LogP contribution >= 0.6 is 0 Å². The topological polar surface area (TPSA) is 116 Å². The number of esters is 1. The van der Waals surface area contributed by atoms with Crippen LogP contribution in [0.1, 0.15) is 35.7 Å². The zero-order valence-corrected chi connectivity index (χ0v) is 14.7. The number of aliphatic hydroxyl groups is 3. The number of benzene rings is 1. The van der Waals surface area contributed by atoms with Gasteiger partial charge in [0.05, 0.1) is 13.2 Å². The van der Waals surface area contributed by atoms with Crippen molar-refractivity contribution >= 4 is 12.0 Å². The molecule has 142 valence electrons. The molecule has 4 atom stereocenters. The van der Waals surface area contributed by atoms with E-state index in [1.165, 1.54) is 31.4 Å². The van der Waals surface area contributed by atoms with E-state index in [9.17, 15) is 25.2 Å². The number of phenolic OH excluding ortho intramolecular Hbond substituents is 1. The largest absolute Gasteiger partial charge is 0.507 e. The minimum atomic E-state index is -1.35. The molecule has 0 fully saturated rings. The molecule has 1 aromatic rings. The van der Waals surface area contributed by atoms with Crippen molar-refractivity contribution in [3.63, 3.8) is 0 Å². The number of carbonyl (C=O) groups is 1. The van der Waals surface area contributed by atoms with Gasteiger partial charge < -0.3 is 29.9 Å². The highest BCUT2D eigenvalue weighted by atomic mass is 16.5. The van der Waals surface area contributed by atoms with Crippen LogP contribution in [0, 0.1) is 0 Å². The molecule has 1 aliphatic rings. The summed E-state index contributed by atoms with van der Waals surface area (Å²) >= 11 is 0. The lowest BCUT2D eigenvalue weighted by molar-refractivity contribution is -0.0394. The molecule has 7 heteroatoms. The van der Waals surface area contributed by atoms with Gasteiger partial charge in [-0.1, -0.05) is 24.3 Å². The molecule has 4 unspecified atom stereocenters. The van der Waals surface area contributed by atoms with Crippen LogP contribution in [-0.2, 0) is 4.74 Å². The Balaban J connectivity index is 2.44. The fourth-order valence-electron chi connectivity index (χ4n) is 2.61. The summed E-state index contributed by atoms with van der Waals surface area (Å²) in [6.45, 7) is 1.67. The quantitative estimate of drug-likeness (QED) is 0.439. The zero-order valence-electron chi connectivity index (χ0n) is 14.7. The van der Waals surface area contributed by atoms with E-state index in [0.717, 1.165) is 0 Å². The van der Waals surface area contributed by atoms with Crippen LogP contribution < -0.4 is 4.74 Å². The van der Waals surface area contributed by atoms with Crippen molar-refractivity contribution in [2.45, 2.75) is 44.2 Å². The number of aliphatic hydroxyl groups excluding tert-OH is 3. The number of ether oxygens (including phenoxy) is 2. The fourth-order valence-corrected chi connectivity index (χ4v) is 2.61. The van der Waals surface area contributed by atoms with Gasteiger partial charge in [-0.2, -0.15) is 0 Å². The number of carbonyl (C=O) groups excluding carboxylic acids is 1. The van der Waals surface area contributed by atoms with Gasteiger partial charge in [-0.15, -0.1) is 0 Å². The maximum Gasteiger partial charge on any atom is 0.342 e. The first kappa shape index (κ1) is 20.0. The predicted molar refractivity (Wildman–Crippen MR) is 95.0 cm³/mol. The molecule has 0 saturated carbocycles. The number of aromatic hydroxyl groups is 1. The molecule has 26 heavy (non-hydrogen) atoms. The third kappa shape index (κ3) is 4.85. The van der Waals surface area contributed by atoms with Gasteiger partial charge in [0, 0.05) is 12.5 Å². The van der Waals surface area contributed by atoms with Gasteiger partial charge in [0.1, 0.15) is 35.4 Å². The molecule has 0 aromatic heterocycles. The summed E-state index contributed by atoms with van der Waals surface area (Å²) in [7, 11) is 1.43. The third-order valence-corrected chi connectivity index (χ3v) is 4.09. The minimum Gasteiger partial charge on any atom is -0.507 e. The van der Waals surface area contributed by atoms with Crippen molar-refractivity contribution in [3.05, 3.63) is 41.5 Å². The van der Waals surface area contributed by atoms with Gasteiger partial charge in [-0.25, -0.2) is 4.79 Å². The number of cyclic esters (lactones) is 1. The molecule has 0 amide bonds. The van der Waals surface area contributed by atoms with Gasteiger partial charge in [0.25, 0.3) is 0 Å². The van der Waals surface area contributed by atoms with E-state index in [4.69, 9.17) is 9.47 Å². The molecule has 1 heterocycles. The number of hydrogen-bond acceptors (Lipinski definition) is 7. The maximum absolute atomic E-state index is 12.5. The Hall–Kier alpha value is -2.35. The number of fused-ring (bicyclic) bond motifs is 1. The average molecular weight is 364 g/mol. The summed E-state index contributed by atoms with van der Waals surface area (Å²) in [6.07, 6.45) is 2.00. The zero-order chi connectivity index (χ0) is 19.3. The summed E-state index contributed by atoms with van der Waals surface area (Å²) in [4.78, 5) is 12.5. The summed E-state index contributed by atoms with van der Waals surface area (Å²) in [5, 5.41) is 40.0. The van der Waals surface area contributed by atoms with Crippen LogP contribution in [0.15, 0.2) is 30.4 Å². The number of rotatable bonds is 1. The molecule has 0 radical (unpaired) electrons. The normalized spacial score (nSPS) is 29.8. The molecule has 4 N–H and O–H groups in total. The Morgan fingerprint density at radius 3 is 2.58 bits per heavy atom. The molecule has 0 bridgehead atoms. The highest BCUT2D eigenvalue weighted by Crippen LogP contribution is 2.30. The van der Waals surface area contributed by atoms with E-state index in [1.807, 2.05) is 0 Å². The third-order valence-electron chi connectivity index (χ3n) is 4.09. The van der Waals surface area contributed by atoms with E-state index < -0.39 is 30.4 Å². The van der Waals surface area contributed by atoms with E-state index in [2.05, 4.69) is 0 Å². The van der Waals surface area contributed by atoms with E-state index in [-0.39, 0.29) is 17.7 Å². The van der Waals surface area contributed by atoms with Crippen molar-refractivity contribution in [3.8, 4) is 11.5 Å². The standard InChI is InChI=1S/C19H24O7/c1-11-5-3-7-14(20)18(23)15(21)8-4-6-12-9-13(25-2)10-16(22)17(12)19(24)26-11/h3-4,6-7,9-11,14-15,18,20-23H,5,8H2,1-2H3/b6-4+,7-3+. The lowest BCUT2D eigenvalue weighted by Crippen LogP contribution is -2.35. The smallest absolute Gasteiger partial charge is 0.342 e. The summed E-state index contributed by atoms with van der Waals surface area (Å²) in [6, 6.07) is 2.87. The van der Waals surface area contributed by atoms with Crippen LogP contribution in [0.2, 0.25) is 0 Å². The van der Waals surface area contributed by atoms with Crippen LogP contribution in [0.25, 0.3) is 6.08 Å². The number of hydrogen-bond donors (Lipinski definition) is 4. The molecular weight excluding hydrogens is 340 g/mol. The minimum absolute atomic E-state index is 0.00925. The predicted octanol–water partition coefficient (Wildman–Crippen LogP) is 1.39. The summed E-state index contributed by atoms with van der Waals surface area (Å²) < 4.78 is 10.4. The first-order valence-electron chi connectivity index (χ1n) is 8.32. The molecule has 7 nitrogen and oxygen atoms in total. The molecule has 0 saturated heterocycles. The van der Waals surface area contributed by atoms with Crippen molar-refractivity contribution in [1.29, 1.82) is 0 Å².